The second kappa shape index (κ2) is 2.94. The summed E-state index contributed by atoms with van der Waals surface area (Å²) >= 11 is 0. The highest BCUT2D eigenvalue weighted by molar-refractivity contribution is 5.34. The smallest absolute Gasteiger partial charge is 0.214 e. The Morgan fingerprint density at radius 1 is 1.23 bits per heavy atom. The van der Waals surface area contributed by atoms with E-state index in [1.807, 2.05) is 37.3 Å². The van der Waals surface area contributed by atoms with Gasteiger partial charge in [-0.1, -0.05) is 18.2 Å². The molecule has 3 nitrogen and oxygen atoms in total. The van der Waals surface area contributed by atoms with E-state index in [0.29, 0.717) is 0 Å². The molecule has 1 heterocycles. The largest absolute Gasteiger partial charge is 0.493 e. The molecule has 13 heavy (non-hydrogen) atoms. The summed E-state index contributed by atoms with van der Waals surface area (Å²) in [5.41, 5.74) is 1.68. The topological polar surface area (TPSA) is 38.0 Å². The van der Waals surface area contributed by atoms with Crippen LogP contribution in [-0.2, 0) is 0 Å². The molecule has 0 atom stereocenters. The Kier molecular flexibility index (Phi) is 1.77. The number of hydrogen-bond donors (Lipinski definition) is 1. The lowest BCUT2D eigenvalue weighted by Crippen LogP contribution is -1.94. The van der Waals surface area contributed by atoms with Crippen LogP contribution >= 0.6 is 0 Å². The van der Waals surface area contributed by atoms with Gasteiger partial charge in [-0.3, -0.25) is 0 Å². The third-order valence-electron chi connectivity index (χ3n) is 1.81. The average Bonchev–Trinajstić information content (AvgIpc) is 2.47. The van der Waals surface area contributed by atoms with Gasteiger partial charge in [0.05, 0.1) is 11.4 Å². The molecular weight excluding hydrogens is 164 g/mol. The van der Waals surface area contributed by atoms with E-state index < -0.39 is 0 Å². The minimum absolute atomic E-state index is 0.170. The summed E-state index contributed by atoms with van der Waals surface area (Å²) in [5.74, 6) is 0.170. The van der Waals surface area contributed by atoms with Crippen molar-refractivity contribution in [2.45, 2.75) is 6.92 Å². The monoisotopic (exact) mass is 174 g/mol. The molecule has 0 unspecified atom stereocenters. The third-order valence-corrected chi connectivity index (χ3v) is 1.81. The number of nitrogens with zero attached hydrogens (tertiary/aromatic N) is 2. The van der Waals surface area contributed by atoms with E-state index in [-0.39, 0.29) is 5.88 Å². The fourth-order valence-corrected chi connectivity index (χ4v) is 1.25. The predicted octanol–water partition coefficient (Wildman–Crippen LogP) is 1.89. The van der Waals surface area contributed by atoms with E-state index in [2.05, 4.69) is 5.10 Å². The molecule has 0 spiro atoms. The SMILES string of the molecule is Cc1cc(O)n(-c2ccccc2)n1. The molecule has 1 aromatic carbocycles. The van der Waals surface area contributed by atoms with E-state index in [1.165, 1.54) is 4.68 Å². The van der Waals surface area contributed by atoms with E-state index in [9.17, 15) is 5.11 Å². The quantitative estimate of drug-likeness (QED) is 0.716. The Morgan fingerprint density at radius 3 is 2.46 bits per heavy atom. The standard InChI is InChI=1S/C10H10N2O/c1-8-7-10(13)12(11-8)9-5-3-2-4-6-9/h2-7,13H,1H3. The van der Waals surface area contributed by atoms with Crippen molar-refractivity contribution in [1.29, 1.82) is 0 Å². The first-order chi connectivity index (χ1) is 6.27. The number of para-hydroxylation sites is 1. The van der Waals surface area contributed by atoms with Gasteiger partial charge in [0.1, 0.15) is 0 Å². The van der Waals surface area contributed by atoms with Crippen molar-refractivity contribution in [3.05, 3.63) is 42.1 Å². The van der Waals surface area contributed by atoms with Gasteiger partial charge < -0.3 is 5.11 Å². The normalized spacial score (nSPS) is 10.2. The molecule has 0 saturated carbocycles. The lowest BCUT2D eigenvalue weighted by atomic mass is 10.3. The fraction of sp³-hybridized carbons (Fsp3) is 0.100. The summed E-state index contributed by atoms with van der Waals surface area (Å²) in [6, 6.07) is 11.2. The molecule has 0 radical (unpaired) electrons. The second-order valence-corrected chi connectivity index (χ2v) is 2.89. The number of aromatic nitrogens is 2. The first kappa shape index (κ1) is 7.86. The van der Waals surface area contributed by atoms with Crippen LogP contribution < -0.4 is 0 Å². The van der Waals surface area contributed by atoms with Gasteiger partial charge in [-0.05, 0) is 19.1 Å². The molecule has 0 saturated heterocycles. The molecule has 0 amide bonds. The summed E-state index contributed by atoms with van der Waals surface area (Å²) < 4.78 is 1.51. The van der Waals surface area contributed by atoms with Crippen molar-refractivity contribution in [3.63, 3.8) is 0 Å². The molecule has 1 N–H and O–H groups in total. The Balaban J connectivity index is 2.53. The minimum atomic E-state index is 0.170. The molecule has 0 aliphatic rings. The molecular formula is C10H10N2O. The van der Waals surface area contributed by atoms with Gasteiger partial charge in [0, 0.05) is 6.07 Å². The third kappa shape index (κ3) is 1.40. The molecule has 2 rings (SSSR count). The number of hydrogen-bond acceptors (Lipinski definition) is 2. The van der Waals surface area contributed by atoms with Crippen LogP contribution in [0, 0.1) is 6.92 Å². The van der Waals surface area contributed by atoms with Gasteiger partial charge in [0.2, 0.25) is 5.88 Å². The van der Waals surface area contributed by atoms with Crippen molar-refractivity contribution in [2.75, 3.05) is 0 Å². The summed E-state index contributed by atoms with van der Waals surface area (Å²) in [7, 11) is 0. The molecule has 1 aromatic heterocycles. The Labute approximate surface area is 76.3 Å². The van der Waals surface area contributed by atoms with Crippen LogP contribution in [0.5, 0.6) is 5.88 Å². The maximum atomic E-state index is 9.49. The lowest BCUT2D eigenvalue weighted by Gasteiger charge is -2.00. The highest BCUT2D eigenvalue weighted by Gasteiger charge is 2.03. The van der Waals surface area contributed by atoms with E-state index in [0.717, 1.165) is 11.4 Å². The van der Waals surface area contributed by atoms with Crippen LogP contribution in [0.25, 0.3) is 5.69 Å². The zero-order chi connectivity index (χ0) is 9.26. The van der Waals surface area contributed by atoms with E-state index >= 15 is 0 Å². The maximum absolute atomic E-state index is 9.49. The van der Waals surface area contributed by atoms with Crippen LogP contribution in [0.2, 0.25) is 0 Å². The minimum Gasteiger partial charge on any atom is -0.493 e. The van der Waals surface area contributed by atoms with Crippen molar-refractivity contribution >= 4 is 0 Å². The summed E-state index contributed by atoms with van der Waals surface area (Å²) in [5, 5.41) is 13.6. The number of benzene rings is 1. The van der Waals surface area contributed by atoms with Gasteiger partial charge >= 0.3 is 0 Å². The van der Waals surface area contributed by atoms with Crippen LogP contribution in [0.1, 0.15) is 5.69 Å². The van der Waals surface area contributed by atoms with Crippen molar-refractivity contribution < 1.29 is 5.11 Å². The van der Waals surface area contributed by atoms with Gasteiger partial charge in [-0.2, -0.15) is 5.10 Å². The van der Waals surface area contributed by atoms with Gasteiger partial charge in [0.25, 0.3) is 0 Å². The van der Waals surface area contributed by atoms with Gasteiger partial charge in [0.15, 0.2) is 0 Å². The fourth-order valence-electron chi connectivity index (χ4n) is 1.25. The molecule has 0 bridgehead atoms. The Morgan fingerprint density at radius 2 is 1.92 bits per heavy atom. The molecule has 66 valence electrons. The number of aryl methyl sites for hydroxylation is 1. The van der Waals surface area contributed by atoms with Crippen molar-refractivity contribution in [1.82, 2.24) is 9.78 Å². The van der Waals surface area contributed by atoms with Crippen LogP contribution in [0.3, 0.4) is 0 Å². The number of rotatable bonds is 1. The van der Waals surface area contributed by atoms with E-state index in [1.54, 1.807) is 6.07 Å². The highest BCUT2D eigenvalue weighted by Crippen LogP contribution is 2.16. The molecule has 2 aromatic rings. The molecule has 3 heteroatoms. The summed E-state index contributed by atoms with van der Waals surface area (Å²) in [6.07, 6.45) is 0. The predicted molar refractivity (Wildman–Crippen MR) is 50.0 cm³/mol. The zero-order valence-electron chi connectivity index (χ0n) is 7.31. The highest BCUT2D eigenvalue weighted by atomic mass is 16.3. The molecule has 0 fully saturated rings. The van der Waals surface area contributed by atoms with Crippen LogP contribution in [0.4, 0.5) is 0 Å². The summed E-state index contributed by atoms with van der Waals surface area (Å²) in [6.45, 7) is 1.85. The van der Waals surface area contributed by atoms with Gasteiger partial charge in [-0.15, -0.1) is 0 Å². The van der Waals surface area contributed by atoms with Gasteiger partial charge in [-0.25, -0.2) is 4.68 Å². The molecule has 0 aliphatic heterocycles. The summed E-state index contributed by atoms with van der Waals surface area (Å²) in [4.78, 5) is 0. The number of aromatic hydroxyl groups is 1. The van der Waals surface area contributed by atoms with Crippen molar-refractivity contribution in [3.8, 4) is 11.6 Å². The first-order valence-corrected chi connectivity index (χ1v) is 4.08. The van der Waals surface area contributed by atoms with Crippen LogP contribution in [-0.4, -0.2) is 14.9 Å². The Bertz CT molecular complexity index is 406. The molecule has 0 aliphatic carbocycles. The zero-order valence-corrected chi connectivity index (χ0v) is 7.31. The van der Waals surface area contributed by atoms with Crippen molar-refractivity contribution in [2.24, 2.45) is 0 Å². The van der Waals surface area contributed by atoms with Crippen LogP contribution in [0.15, 0.2) is 36.4 Å². The Hall–Kier alpha value is -1.77. The lowest BCUT2D eigenvalue weighted by molar-refractivity contribution is 0.433. The first-order valence-electron chi connectivity index (χ1n) is 4.08. The second-order valence-electron chi connectivity index (χ2n) is 2.89. The van der Waals surface area contributed by atoms with E-state index in [4.69, 9.17) is 0 Å². The maximum Gasteiger partial charge on any atom is 0.214 e. The average molecular weight is 174 g/mol.